The summed E-state index contributed by atoms with van der Waals surface area (Å²) in [6, 6.07) is 18.7. The first-order valence-corrected chi connectivity index (χ1v) is 8.99. The third-order valence-electron chi connectivity index (χ3n) is 4.97. The van der Waals surface area contributed by atoms with Crippen LogP contribution in [0.15, 0.2) is 60.8 Å². The number of rotatable bonds is 3. The zero-order chi connectivity index (χ0) is 17.1. The quantitative estimate of drug-likeness (QED) is 0.843. The molecule has 1 atom stereocenters. The summed E-state index contributed by atoms with van der Waals surface area (Å²) in [5.74, 6) is -0.0196. The Hall–Kier alpha value is -2.59. The molecule has 0 spiro atoms. The molecule has 2 aromatic carbocycles. The second kappa shape index (κ2) is 7.11. The van der Waals surface area contributed by atoms with E-state index < -0.39 is 0 Å². The van der Waals surface area contributed by atoms with Gasteiger partial charge in [0, 0.05) is 29.2 Å². The van der Waals surface area contributed by atoms with Crippen LogP contribution >= 0.6 is 0 Å². The number of para-hydroxylation sites is 2. The maximum absolute atomic E-state index is 12.5. The summed E-state index contributed by atoms with van der Waals surface area (Å²) in [5.41, 5.74) is 3.77. The van der Waals surface area contributed by atoms with Crippen molar-refractivity contribution >= 4 is 22.9 Å². The normalized spacial score (nSPS) is 21.5. The smallest absolute Gasteiger partial charge is 0.257 e. The van der Waals surface area contributed by atoms with E-state index in [9.17, 15) is 4.79 Å². The largest absolute Gasteiger partial charge is 0.344 e. The summed E-state index contributed by atoms with van der Waals surface area (Å²) in [7, 11) is 0. The van der Waals surface area contributed by atoms with E-state index >= 15 is 0 Å². The molecule has 1 amide bonds. The number of hydrogen-bond acceptors (Lipinski definition) is 3. The number of amides is 1. The summed E-state index contributed by atoms with van der Waals surface area (Å²) in [5, 5.41) is 6.45. The van der Waals surface area contributed by atoms with Crippen molar-refractivity contribution in [2.24, 2.45) is 0 Å². The van der Waals surface area contributed by atoms with Gasteiger partial charge in [0.25, 0.3) is 5.91 Å². The van der Waals surface area contributed by atoms with Crippen molar-refractivity contribution in [3.63, 3.8) is 0 Å². The second-order valence-electron chi connectivity index (χ2n) is 6.62. The number of nitrogens with zero attached hydrogens (tertiary/aromatic N) is 1. The molecule has 2 N–H and O–H groups in total. The Morgan fingerprint density at radius 3 is 2.64 bits per heavy atom. The first-order valence-electron chi connectivity index (χ1n) is 8.99. The van der Waals surface area contributed by atoms with Crippen LogP contribution in [0.3, 0.4) is 0 Å². The van der Waals surface area contributed by atoms with Crippen LogP contribution in [0.4, 0.5) is 11.4 Å². The number of carbonyl (C=O) groups excluding carboxylic acids is 1. The van der Waals surface area contributed by atoms with Gasteiger partial charge in [0.2, 0.25) is 0 Å². The predicted octanol–water partition coefficient (Wildman–Crippen LogP) is 3.63. The summed E-state index contributed by atoms with van der Waals surface area (Å²) in [6.07, 6.45) is 5.39. The molecule has 2 heterocycles. The average Bonchev–Trinajstić information content (AvgIpc) is 2.81. The Morgan fingerprint density at radius 1 is 0.960 bits per heavy atom. The fourth-order valence-electron chi connectivity index (χ4n) is 3.68. The third kappa shape index (κ3) is 3.30. The SMILES string of the molecule is O=C1Nc2ccccc2C1=CN(c1ccccc1)C1CCCNCC1. The van der Waals surface area contributed by atoms with Crippen molar-refractivity contribution in [2.75, 3.05) is 23.3 Å². The van der Waals surface area contributed by atoms with Crippen molar-refractivity contribution in [1.29, 1.82) is 0 Å². The van der Waals surface area contributed by atoms with E-state index in [0.29, 0.717) is 6.04 Å². The first-order chi connectivity index (χ1) is 12.3. The Balaban J connectivity index is 1.75. The van der Waals surface area contributed by atoms with Crippen LogP contribution in [0, 0.1) is 0 Å². The van der Waals surface area contributed by atoms with Gasteiger partial charge >= 0.3 is 0 Å². The van der Waals surface area contributed by atoms with Crippen LogP contribution in [-0.2, 0) is 4.79 Å². The van der Waals surface area contributed by atoms with E-state index in [1.165, 1.54) is 0 Å². The third-order valence-corrected chi connectivity index (χ3v) is 4.97. The van der Waals surface area contributed by atoms with Gasteiger partial charge in [-0.25, -0.2) is 0 Å². The van der Waals surface area contributed by atoms with Crippen molar-refractivity contribution in [3.05, 3.63) is 66.4 Å². The van der Waals surface area contributed by atoms with Gasteiger partial charge in [-0.2, -0.15) is 0 Å². The molecule has 0 aliphatic carbocycles. The monoisotopic (exact) mass is 333 g/mol. The Labute approximate surface area is 148 Å². The van der Waals surface area contributed by atoms with E-state index in [4.69, 9.17) is 0 Å². The summed E-state index contributed by atoms with van der Waals surface area (Å²) in [6.45, 7) is 2.08. The molecule has 2 aliphatic rings. The van der Waals surface area contributed by atoms with E-state index in [1.54, 1.807) is 0 Å². The van der Waals surface area contributed by atoms with Gasteiger partial charge in [0.05, 0.1) is 5.57 Å². The van der Waals surface area contributed by atoms with Gasteiger partial charge in [0.15, 0.2) is 0 Å². The molecule has 4 rings (SSSR count). The summed E-state index contributed by atoms with van der Waals surface area (Å²) in [4.78, 5) is 14.8. The maximum atomic E-state index is 12.5. The van der Waals surface area contributed by atoms with Crippen LogP contribution in [0.5, 0.6) is 0 Å². The lowest BCUT2D eigenvalue weighted by Crippen LogP contribution is -2.32. The predicted molar refractivity (Wildman–Crippen MR) is 102 cm³/mol. The van der Waals surface area contributed by atoms with Crippen LogP contribution in [-0.4, -0.2) is 25.0 Å². The highest BCUT2D eigenvalue weighted by atomic mass is 16.2. The number of anilines is 2. The molecule has 25 heavy (non-hydrogen) atoms. The molecule has 128 valence electrons. The Kier molecular flexibility index (Phi) is 4.53. The molecule has 1 saturated heterocycles. The molecule has 4 heteroatoms. The van der Waals surface area contributed by atoms with Gasteiger partial charge in [-0.3, -0.25) is 4.79 Å². The van der Waals surface area contributed by atoms with E-state index in [1.807, 2.05) is 36.5 Å². The van der Waals surface area contributed by atoms with Gasteiger partial charge in [-0.15, -0.1) is 0 Å². The average molecular weight is 333 g/mol. The fraction of sp³-hybridized carbons (Fsp3) is 0.286. The Morgan fingerprint density at radius 2 is 1.76 bits per heavy atom. The van der Waals surface area contributed by atoms with E-state index in [-0.39, 0.29) is 5.91 Å². The van der Waals surface area contributed by atoms with Gasteiger partial charge in [-0.05, 0) is 50.6 Å². The highest BCUT2D eigenvalue weighted by Crippen LogP contribution is 2.33. The molecule has 1 fully saturated rings. The van der Waals surface area contributed by atoms with Gasteiger partial charge in [0.1, 0.15) is 0 Å². The minimum absolute atomic E-state index is 0.0196. The number of fused-ring (bicyclic) bond motifs is 1. The van der Waals surface area contributed by atoms with E-state index in [0.717, 1.165) is 54.9 Å². The van der Waals surface area contributed by atoms with Crippen LogP contribution < -0.4 is 15.5 Å². The second-order valence-corrected chi connectivity index (χ2v) is 6.62. The lowest BCUT2D eigenvalue weighted by molar-refractivity contribution is -0.110. The minimum Gasteiger partial charge on any atom is -0.344 e. The van der Waals surface area contributed by atoms with Crippen molar-refractivity contribution in [2.45, 2.75) is 25.3 Å². The molecule has 0 bridgehead atoms. The zero-order valence-corrected chi connectivity index (χ0v) is 14.2. The summed E-state index contributed by atoms with van der Waals surface area (Å²) >= 11 is 0. The van der Waals surface area contributed by atoms with Crippen LogP contribution in [0.1, 0.15) is 24.8 Å². The molecular weight excluding hydrogens is 310 g/mol. The highest BCUT2D eigenvalue weighted by Gasteiger charge is 2.27. The standard InChI is InChI=1S/C21H23N3O/c25-21-19(18-10-4-5-11-20(18)23-21)15-24(16-7-2-1-3-8-16)17-9-6-13-22-14-12-17/h1-5,7-8,10-11,15,17,22H,6,9,12-14H2,(H,23,25). The number of benzene rings is 2. The lowest BCUT2D eigenvalue weighted by Gasteiger charge is -2.30. The van der Waals surface area contributed by atoms with Crippen LogP contribution in [0.2, 0.25) is 0 Å². The molecule has 2 aliphatic heterocycles. The lowest BCUT2D eigenvalue weighted by atomic mass is 10.0. The van der Waals surface area contributed by atoms with Crippen molar-refractivity contribution in [3.8, 4) is 0 Å². The zero-order valence-electron chi connectivity index (χ0n) is 14.2. The molecule has 1 unspecified atom stereocenters. The van der Waals surface area contributed by atoms with Crippen molar-refractivity contribution < 1.29 is 4.79 Å². The highest BCUT2D eigenvalue weighted by molar-refractivity contribution is 6.31. The first kappa shape index (κ1) is 15.9. The number of carbonyl (C=O) groups is 1. The minimum atomic E-state index is -0.0196. The van der Waals surface area contributed by atoms with E-state index in [2.05, 4.69) is 39.8 Å². The molecule has 0 radical (unpaired) electrons. The van der Waals surface area contributed by atoms with Crippen molar-refractivity contribution in [1.82, 2.24) is 5.32 Å². The van der Waals surface area contributed by atoms with Gasteiger partial charge < -0.3 is 15.5 Å². The maximum Gasteiger partial charge on any atom is 0.257 e. The molecule has 0 saturated carbocycles. The fourth-order valence-corrected chi connectivity index (χ4v) is 3.68. The molecule has 2 aromatic rings. The van der Waals surface area contributed by atoms with Crippen LogP contribution in [0.25, 0.3) is 5.57 Å². The summed E-state index contributed by atoms with van der Waals surface area (Å²) < 4.78 is 0. The number of hydrogen-bond donors (Lipinski definition) is 2. The molecule has 4 nitrogen and oxygen atoms in total. The topological polar surface area (TPSA) is 44.4 Å². The number of nitrogens with one attached hydrogen (secondary N) is 2. The Bertz CT molecular complexity index is 777. The molecule has 0 aromatic heterocycles. The van der Waals surface area contributed by atoms with Gasteiger partial charge in [-0.1, -0.05) is 36.4 Å². The molecular formula is C21H23N3O.